The summed E-state index contributed by atoms with van der Waals surface area (Å²) >= 11 is 6.35. The molecule has 0 aromatic heterocycles. The highest BCUT2D eigenvalue weighted by molar-refractivity contribution is 6.58. The molecule has 4 aromatic rings. The summed E-state index contributed by atoms with van der Waals surface area (Å²) < 4.78 is 19.4. The summed E-state index contributed by atoms with van der Waals surface area (Å²) in [6.45, 7) is 0. The highest BCUT2D eigenvalue weighted by Gasteiger charge is 2.70. The Balaban J connectivity index is 1.32. The number of aromatic hydroxyl groups is 1. The van der Waals surface area contributed by atoms with Crippen LogP contribution in [-0.2, 0) is 24.6 Å². The summed E-state index contributed by atoms with van der Waals surface area (Å²) in [5.74, 6) is -6.98. The van der Waals surface area contributed by atoms with Gasteiger partial charge in [0.1, 0.15) is 5.82 Å². The number of nitrogens with zero attached hydrogens (tertiary/aromatic N) is 2. The number of amides is 4. The van der Waals surface area contributed by atoms with E-state index in [1.165, 1.54) is 55.6 Å². The van der Waals surface area contributed by atoms with Crippen molar-refractivity contribution in [1.29, 1.82) is 0 Å². The molecule has 8 rings (SSSR count). The lowest BCUT2D eigenvalue weighted by molar-refractivity contribution is -0.138. The van der Waals surface area contributed by atoms with Crippen LogP contribution in [0.5, 0.6) is 11.5 Å². The Morgan fingerprint density at radius 1 is 0.906 bits per heavy atom. The molecule has 6 atom stereocenters. The number of phenolic OH excluding ortho intramolecular Hbond substituents is 1. The molecule has 2 aliphatic carbocycles. The van der Waals surface area contributed by atoms with Crippen LogP contribution in [0.3, 0.4) is 0 Å². The number of halogens is 2. The standard InChI is InChI=1S/C39H32BClFN3O8/c1-53-32-17-20(5-16-31(32)46)34-27-14-15-28-33(37(49)44(35(28)47)26-4-2-3-22(18-26)40(51)52)29(27)19-30-36(48)45(43-25-12-10-24(42)11-13-25)38(50)39(30,34)21-6-8-23(41)9-7-21/h2-14,16-18,28-30,33-34,43,46,51-52H,15,19H2,1H3. The van der Waals surface area contributed by atoms with E-state index in [-0.39, 0.29) is 35.5 Å². The monoisotopic (exact) mass is 735 g/mol. The molecular formula is C39H32BClFN3O8. The van der Waals surface area contributed by atoms with Crippen LogP contribution in [0.2, 0.25) is 5.02 Å². The third kappa shape index (κ3) is 5.25. The van der Waals surface area contributed by atoms with E-state index in [9.17, 15) is 33.9 Å². The average molecular weight is 736 g/mol. The van der Waals surface area contributed by atoms with E-state index in [4.69, 9.17) is 16.3 Å². The minimum absolute atomic E-state index is 0.0236. The van der Waals surface area contributed by atoms with E-state index >= 15 is 4.79 Å². The number of allylic oxidation sites excluding steroid dienone is 2. The number of methoxy groups -OCH3 is 1. The van der Waals surface area contributed by atoms with Gasteiger partial charge in [0.05, 0.1) is 41.7 Å². The first-order chi connectivity index (χ1) is 25.4. The summed E-state index contributed by atoms with van der Waals surface area (Å²) in [5.41, 5.74) is 3.58. The van der Waals surface area contributed by atoms with Crippen LogP contribution in [-0.4, -0.2) is 58.0 Å². The van der Waals surface area contributed by atoms with Crippen molar-refractivity contribution in [3.63, 3.8) is 0 Å². The number of carbonyl (C=O) groups excluding carboxylic acids is 4. The second-order valence-corrected chi connectivity index (χ2v) is 14.2. The van der Waals surface area contributed by atoms with Crippen LogP contribution in [0.4, 0.5) is 15.8 Å². The molecule has 0 spiro atoms. The molecule has 3 fully saturated rings. The average Bonchev–Trinajstić information content (AvgIpc) is 3.53. The highest BCUT2D eigenvalue weighted by atomic mass is 35.5. The smallest absolute Gasteiger partial charge is 0.488 e. The summed E-state index contributed by atoms with van der Waals surface area (Å²) in [4.78, 5) is 59.6. The molecular weight excluding hydrogens is 704 g/mol. The molecule has 2 saturated heterocycles. The summed E-state index contributed by atoms with van der Waals surface area (Å²) in [6, 6.07) is 22.5. The zero-order chi connectivity index (χ0) is 37.3. The zero-order valence-corrected chi connectivity index (χ0v) is 28.9. The summed E-state index contributed by atoms with van der Waals surface area (Å²) in [7, 11) is -0.427. The fraction of sp³-hybridized carbons (Fsp3) is 0.231. The molecule has 6 unspecified atom stereocenters. The molecule has 2 aliphatic heterocycles. The second-order valence-electron chi connectivity index (χ2n) is 13.8. The molecule has 11 nitrogen and oxygen atoms in total. The Hall–Kier alpha value is -5.50. The number of hydrogen-bond donors (Lipinski definition) is 4. The van der Waals surface area contributed by atoms with Crippen LogP contribution in [0.25, 0.3) is 0 Å². The highest BCUT2D eigenvalue weighted by Crippen LogP contribution is 2.64. The second kappa shape index (κ2) is 12.9. The molecule has 268 valence electrons. The van der Waals surface area contributed by atoms with Gasteiger partial charge in [0.2, 0.25) is 11.8 Å². The van der Waals surface area contributed by atoms with E-state index in [1.54, 1.807) is 42.5 Å². The Kier molecular flexibility index (Phi) is 8.40. The van der Waals surface area contributed by atoms with Crippen molar-refractivity contribution in [1.82, 2.24) is 5.01 Å². The van der Waals surface area contributed by atoms with Crippen molar-refractivity contribution < 1.29 is 43.5 Å². The first-order valence-corrected chi connectivity index (χ1v) is 17.4. The van der Waals surface area contributed by atoms with Crippen molar-refractivity contribution in [3.8, 4) is 11.5 Å². The quantitative estimate of drug-likeness (QED) is 0.125. The number of hydrazine groups is 1. The first-order valence-electron chi connectivity index (χ1n) is 17.0. The molecule has 4 aliphatic rings. The van der Waals surface area contributed by atoms with Crippen molar-refractivity contribution in [2.75, 3.05) is 17.4 Å². The number of rotatable bonds is 7. The number of imide groups is 2. The molecule has 0 radical (unpaired) electrons. The van der Waals surface area contributed by atoms with Crippen molar-refractivity contribution in [2.24, 2.45) is 23.7 Å². The van der Waals surface area contributed by atoms with Gasteiger partial charge in [-0.3, -0.25) is 29.5 Å². The van der Waals surface area contributed by atoms with Gasteiger partial charge in [0.25, 0.3) is 11.8 Å². The van der Waals surface area contributed by atoms with Gasteiger partial charge in [-0.05, 0) is 96.0 Å². The maximum atomic E-state index is 15.2. The minimum atomic E-state index is -1.82. The Morgan fingerprint density at radius 3 is 2.34 bits per heavy atom. The van der Waals surface area contributed by atoms with Crippen LogP contribution in [0.1, 0.15) is 29.9 Å². The molecule has 4 N–H and O–H groups in total. The Bertz CT molecular complexity index is 2220. The summed E-state index contributed by atoms with van der Waals surface area (Å²) in [5, 5.41) is 31.6. The fourth-order valence-corrected chi connectivity index (χ4v) is 9.11. The van der Waals surface area contributed by atoms with Crippen molar-refractivity contribution in [3.05, 3.63) is 125 Å². The number of phenols is 1. The van der Waals surface area contributed by atoms with Gasteiger partial charge < -0.3 is 19.9 Å². The number of hydrogen-bond acceptors (Lipinski definition) is 9. The SMILES string of the molecule is COc1cc(C2C3=CCC4C(=O)N(c5cccc(B(O)O)c5)C(=O)C4C3CC3C(=O)N(Nc4ccc(F)cc4)C(=O)C32c2ccc(Cl)cc2)ccc1O. The molecule has 14 heteroatoms. The van der Waals surface area contributed by atoms with Crippen LogP contribution in [0, 0.1) is 29.5 Å². The van der Waals surface area contributed by atoms with Gasteiger partial charge in [-0.1, -0.05) is 53.6 Å². The number of ether oxygens (including phenoxy) is 1. The van der Waals surface area contributed by atoms with Crippen LogP contribution in [0.15, 0.2) is 103 Å². The predicted octanol–water partition coefficient (Wildman–Crippen LogP) is 4.06. The molecule has 4 aromatic carbocycles. The third-order valence-electron chi connectivity index (χ3n) is 11.2. The van der Waals surface area contributed by atoms with Gasteiger partial charge in [-0.25, -0.2) is 4.39 Å². The van der Waals surface area contributed by atoms with Crippen molar-refractivity contribution >= 4 is 59.2 Å². The number of fused-ring (bicyclic) bond motifs is 4. The third-order valence-corrected chi connectivity index (χ3v) is 11.5. The van der Waals surface area contributed by atoms with Crippen LogP contribution >= 0.6 is 11.6 Å². The van der Waals surface area contributed by atoms with E-state index in [1.807, 2.05) is 6.08 Å². The van der Waals surface area contributed by atoms with Gasteiger partial charge in [0.15, 0.2) is 11.5 Å². The minimum Gasteiger partial charge on any atom is -0.504 e. The lowest BCUT2D eigenvalue weighted by Crippen LogP contribution is -2.53. The maximum absolute atomic E-state index is 15.2. The topological polar surface area (TPSA) is 157 Å². The van der Waals surface area contributed by atoms with Gasteiger partial charge in [-0.2, -0.15) is 5.01 Å². The maximum Gasteiger partial charge on any atom is 0.488 e. The lowest BCUT2D eigenvalue weighted by Gasteiger charge is -2.50. The molecule has 0 bridgehead atoms. The molecule has 4 amide bonds. The largest absolute Gasteiger partial charge is 0.504 e. The van der Waals surface area contributed by atoms with Gasteiger partial charge in [-0.15, -0.1) is 0 Å². The molecule has 53 heavy (non-hydrogen) atoms. The number of nitrogens with one attached hydrogen (secondary N) is 1. The molecule has 2 heterocycles. The van der Waals surface area contributed by atoms with Crippen molar-refractivity contribution in [2.45, 2.75) is 24.2 Å². The number of benzene rings is 4. The zero-order valence-electron chi connectivity index (χ0n) is 28.1. The number of carbonyl (C=O) groups is 4. The van der Waals surface area contributed by atoms with E-state index in [0.29, 0.717) is 27.4 Å². The lowest BCUT2D eigenvalue weighted by atomic mass is 9.49. The van der Waals surface area contributed by atoms with E-state index in [2.05, 4.69) is 5.43 Å². The van der Waals surface area contributed by atoms with Crippen LogP contribution < -0.4 is 20.5 Å². The predicted molar refractivity (Wildman–Crippen MR) is 192 cm³/mol. The first kappa shape index (κ1) is 34.6. The Morgan fingerprint density at radius 2 is 1.64 bits per heavy atom. The van der Waals surface area contributed by atoms with Gasteiger partial charge in [0, 0.05) is 10.9 Å². The number of anilines is 2. The molecule has 1 saturated carbocycles. The van der Waals surface area contributed by atoms with Gasteiger partial charge >= 0.3 is 7.12 Å². The normalized spacial score (nSPS) is 26.2. The van der Waals surface area contributed by atoms with E-state index < -0.39 is 71.6 Å². The Labute approximate surface area is 308 Å². The fourth-order valence-electron chi connectivity index (χ4n) is 8.98. The van der Waals surface area contributed by atoms with E-state index in [0.717, 1.165) is 9.91 Å². The summed E-state index contributed by atoms with van der Waals surface area (Å²) in [6.07, 6.45) is 2.07.